The van der Waals surface area contributed by atoms with Gasteiger partial charge in [-0.3, -0.25) is 0 Å². The Labute approximate surface area is 73.8 Å². The van der Waals surface area contributed by atoms with Crippen molar-refractivity contribution in [2.75, 3.05) is 7.11 Å². The topological polar surface area (TPSA) is 29.5 Å². The van der Waals surface area contributed by atoms with E-state index in [1.165, 1.54) is 0 Å². The number of phenolic OH excluding ortho intramolecular Hbond substituents is 1. The van der Waals surface area contributed by atoms with Crippen LogP contribution in [0.1, 0.15) is 19.4 Å². The average molecular weight is 168 g/mol. The first-order valence-corrected chi connectivity index (χ1v) is 4.07. The lowest BCUT2D eigenvalue weighted by Crippen LogP contribution is -1.85. The van der Waals surface area contributed by atoms with E-state index in [4.69, 9.17) is 9.84 Å². The van der Waals surface area contributed by atoms with Crippen LogP contribution in [0, 0.1) is 6.92 Å². The molecule has 0 amide bonds. The molecule has 1 rings (SSSR count). The molecule has 1 aromatic carbocycles. The van der Waals surface area contributed by atoms with Gasteiger partial charge < -0.3 is 9.84 Å². The maximum Gasteiger partial charge on any atom is 0.125 e. The quantitative estimate of drug-likeness (QED) is 0.698. The number of ether oxygens (including phenoxy) is 1. The van der Waals surface area contributed by atoms with E-state index < -0.39 is 0 Å². The molecule has 12 heavy (non-hydrogen) atoms. The predicted octanol–water partition coefficient (Wildman–Crippen LogP) is 2.74. The van der Waals surface area contributed by atoms with Crippen molar-refractivity contribution in [3.05, 3.63) is 23.8 Å². The summed E-state index contributed by atoms with van der Waals surface area (Å²) >= 11 is 0. The van der Waals surface area contributed by atoms with Crippen LogP contribution in [0.15, 0.2) is 18.2 Å². The van der Waals surface area contributed by atoms with Crippen LogP contribution in [-0.2, 0) is 0 Å². The molecule has 1 aromatic rings. The molecule has 2 heteroatoms. The Morgan fingerprint density at radius 1 is 1.25 bits per heavy atom. The first-order chi connectivity index (χ1) is 5.74. The summed E-state index contributed by atoms with van der Waals surface area (Å²) in [6, 6.07) is 5.04. The van der Waals surface area contributed by atoms with E-state index in [1.807, 2.05) is 26.8 Å². The van der Waals surface area contributed by atoms with E-state index in [0.29, 0.717) is 0 Å². The Kier molecular flexibility index (Phi) is 4.93. The van der Waals surface area contributed by atoms with Crippen molar-refractivity contribution < 1.29 is 9.84 Å². The maximum absolute atomic E-state index is 8.99. The molecule has 0 radical (unpaired) electrons. The van der Waals surface area contributed by atoms with Gasteiger partial charge in [0.25, 0.3) is 0 Å². The summed E-state index contributed by atoms with van der Waals surface area (Å²) in [4.78, 5) is 0. The zero-order valence-corrected chi connectivity index (χ0v) is 8.09. The monoisotopic (exact) mass is 168 g/mol. The van der Waals surface area contributed by atoms with Gasteiger partial charge in [-0.2, -0.15) is 0 Å². The summed E-state index contributed by atoms with van der Waals surface area (Å²) in [6.45, 7) is 5.93. The molecule has 0 heterocycles. The number of hydrogen-bond donors (Lipinski definition) is 1. The largest absolute Gasteiger partial charge is 0.508 e. The van der Waals surface area contributed by atoms with Gasteiger partial charge in [0, 0.05) is 6.07 Å². The van der Waals surface area contributed by atoms with E-state index in [0.717, 1.165) is 11.3 Å². The van der Waals surface area contributed by atoms with Gasteiger partial charge in [0.05, 0.1) is 7.11 Å². The molecule has 0 saturated heterocycles. The van der Waals surface area contributed by atoms with Crippen molar-refractivity contribution in [1.29, 1.82) is 0 Å². The summed E-state index contributed by atoms with van der Waals surface area (Å²) in [7, 11) is 1.59. The highest BCUT2D eigenvalue weighted by Gasteiger charge is 1.96. The Morgan fingerprint density at radius 2 is 1.83 bits per heavy atom. The lowest BCUT2D eigenvalue weighted by atomic mass is 10.2. The van der Waals surface area contributed by atoms with Crippen molar-refractivity contribution in [1.82, 2.24) is 0 Å². The van der Waals surface area contributed by atoms with Crippen LogP contribution in [0.3, 0.4) is 0 Å². The molecule has 0 spiro atoms. The highest BCUT2D eigenvalue weighted by Crippen LogP contribution is 2.22. The molecule has 0 bridgehead atoms. The number of phenols is 1. The Hall–Kier alpha value is -1.18. The Balaban J connectivity index is 0.000000561. The highest BCUT2D eigenvalue weighted by atomic mass is 16.5. The van der Waals surface area contributed by atoms with Crippen molar-refractivity contribution >= 4 is 0 Å². The first-order valence-electron chi connectivity index (χ1n) is 4.07. The van der Waals surface area contributed by atoms with Crippen molar-refractivity contribution in [2.24, 2.45) is 0 Å². The maximum atomic E-state index is 8.99. The summed E-state index contributed by atoms with van der Waals surface area (Å²) in [5, 5.41) is 8.99. The second kappa shape index (κ2) is 5.47. The zero-order chi connectivity index (χ0) is 9.56. The minimum Gasteiger partial charge on any atom is -0.508 e. The molecule has 0 fully saturated rings. The number of methoxy groups -OCH3 is 1. The molecule has 0 atom stereocenters. The van der Waals surface area contributed by atoms with Gasteiger partial charge in [0.15, 0.2) is 0 Å². The van der Waals surface area contributed by atoms with Crippen molar-refractivity contribution in [3.63, 3.8) is 0 Å². The predicted molar refractivity (Wildman–Crippen MR) is 50.7 cm³/mol. The minimum atomic E-state index is 0.238. The Bertz CT molecular complexity index is 231. The average Bonchev–Trinajstić information content (AvgIpc) is 2.13. The van der Waals surface area contributed by atoms with Crippen LogP contribution in [0.5, 0.6) is 11.5 Å². The van der Waals surface area contributed by atoms with Gasteiger partial charge in [-0.25, -0.2) is 0 Å². The first kappa shape index (κ1) is 10.8. The second-order valence-corrected chi connectivity index (χ2v) is 2.15. The van der Waals surface area contributed by atoms with Crippen LogP contribution in [0.2, 0.25) is 0 Å². The molecule has 1 N–H and O–H groups in total. The fraction of sp³-hybridized carbons (Fsp3) is 0.400. The summed E-state index contributed by atoms with van der Waals surface area (Å²) < 4.78 is 4.97. The van der Waals surface area contributed by atoms with Crippen LogP contribution in [-0.4, -0.2) is 12.2 Å². The molecule has 0 aliphatic rings. The van der Waals surface area contributed by atoms with Gasteiger partial charge in [-0.15, -0.1) is 0 Å². The molecule has 0 unspecified atom stereocenters. The third kappa shape index (κ3) is 2.82. The van der Waals surface area contributed by atoms with Crippen molar-refractivity contribution in [3.8, 4) is 11.5 Å². The third-order valence-corrected chi connectivity index (χ3v) is 1.39. The van der Waals surface area contributed by atoms with E-state index in [9.17, 15) is 0 Å². The Morgan fingerprint density at radius 3 is 2.25 bits per heavy atom. The minimum absolute atomic E-state index is 0.238. The second-order valence-electron chi connectivity index (χ2n) is 2.15. The van der Waals surface area contributed by atoms with Crippen LogP contribution < -0.4 is 4.74 Å². The zero-order valence-electron chi connectivity index (χ0n) is 8.09. The van der Waals surface area contributed by atoms with Gasteiger partial charge >= 0.3 is 0 Å². The molecule has 0 aromatic heterocycles. The SMILES string of the molecule is CC.COc1cc(O)ccc1C. The molecular formula is C10H16O2. The number of aromatic hydroxyl groups is 1. The van der Waals surface area contributed by atoms with E-state index >= 15 is 0 Å². The number of hydrogen-bond acceptors (Lipinski definition) is 2. The normalized spacial score (nSPS) is 8.33. The fourth-order valence-electron chi connectivity index (χ4n) is 0.809. The molecule has 2 nitrogen and oxygen atoms in total. The fourth-order valence-corrected chi connectivity index (χ4v) is 0.809. The lowest BCUT2D eigenvalue weighted by molar-refractivity contribution is 0.404. The smallest absolute Gasteiger partial charge is 0.125 e. The molecule has 0 saturated carbocycles. The number of aryl methyl sites for hydroxylation is 1. The number of benzene rings is 1. The summed E-state index contributed by atoms with van der Waals surface area (Å²) in [6.07, 6.45) is 0. The lowest BCUT2D eigenvalue weighted by Gasteiger charge is -2.02. The van der Waals surface area contributed by atoms with Crippen LogP contribution in [0.4, 0.5) is 0 Å². The van der Waals surface area contributed by atoms with Crippen LogP contribution >= 0.6 is 0 Å². The van der Waals surface area contributed by atoms with Gasteiger partial charge in [0.2, 0.25) is 0 Å². The standard InChI is InChI=1S/C8H10O2.C2H6/c1-6-3-4-7(9)5-8(6)10-2;1-2/h3-5,9H,1-2H3;1-2H3. The molecule has 68 valence electrons. The van der Waals surface area contributed by atoms with Gasteiger partial charge in [0.1, 0.15) is 11.5 Å². The highest BCUT2D eigenvalue weighted by molar-refractivity contribution is 5.38. The van der Waals surface area contributed by atoms with Gasteiger partial charge in [-0.05, 0) is 18.6 Å². The van der Waals surface area contributed by atoms with E-state index in [2.05, 4.69) is 0 Å². The van der Waals surface area contributed by atoms with Gasteiger partial charge in [-0.1, -0.05) is 19.9 Å². The van der Waals surface area contributed by atoms with Crippen LogP contribution in [0.25, 0.3) is 0 Å². The molecular weight excluding hydrogens is 152 g/mol. The van der Waals surface area contributed by atoms with E-state index in [-0.39, 0.29) is 5.75 Å². The number of rotatable bonds is 1. The third-order valence-electron chi connectivity index (χ3n) is 1.39. The van der Waals surface area contributed by atoms with E-state index in [1.54, 1.807) is 19.2 Å². The summed E-state index contributed by atoms with van der Waals surface area (Å²) in [5.74, 6) is 0.961. The molecule has 0 aliphatic heterocycles. The van der Waals surface area contributed by atoms with Crippen molar-refractivity contribution in [2.45, 2.75) is 20.8 Å². The summed E-state index contributed by atoms with van der Waals surface area (Å²) in [5.41, 5.74) is 1.03. The molecule has 0 aliphatic carbocycles.